The molecule has 1 N–H and O–H groups in total. The van der Waals surface area contributed by atoms with Gasteiger partial charge < -0.3 is 10.2 Å². The summed E-state index contributed by atoms with van der Waals surface area (Å²) >= 11 is 0. The van der Waals surface area contributed by atoms with Crippen molar-refractivity contribution in [2.75, 3.05) is 11.4 Å². The van der Waals surface area contributed by atoms with E-state index in [-0.39, 0.29) is 0 Å². The van der Waals surface area contributed by atoms with Crippen LogP contribution in [0.2, 0.25) is 0 Å². The van der Waals surface area contributed by atoms with Gasteiger partial charge in [-0.1, -0.05) is 0 Å². The predicted octanol–water partition coefficient (Wildman–Crippen LogP) is 1.97. The van der Waals surface area contributed by atoms with Gasteiger partial charge in [-0.25, -0.2) is 0 Å². The molecule has 104 valence electrons. The van der Waals surface area contributed by atoms with E-state index in [4.69, 9.17) is 0 Å². The number of nitrogens with one attached hydrogen (secondary N) is 1. The summed E-state index contributed by atoms with van der Waals surface area (Å²) in [6, 6.07) is 1.54. The molecule has 4 rings (SSSR count). The van der Waals surface area contributed by atoms with Crippen molar-refractivity contribution >= 4 is 5.82 Å². The third-order valence-corrected chi connectivity index (χ3v) is 5.14. The highest BCUT2D eigenvalue weighted by Gasteiger charge is 2.40. The summed E-state index contributed by atoms with van der Waals surface area (Å²) in [7, 11) is 2.11. The quantitative estimate of drug-likeness (QED) is 0.898. The maximum Gasteiger partial charge on any atom is 0.131 e. The Labute approximate surface area is 115 Å². The molecule has 1 aliphatic heterocycles. The fourth-order valence-electron chi connectivity index (χ4n) is 3.97. The van der Waals surface area contributed by atoms with Gasteiger partial charge >= 0.3 is 0 Å². The summed E-state index contributed by atoms with van der Waals surface area (Å²) in [5.41, 5.74) is 2.63. The lowest BCUT2D eigenvalue weighted by molar-refractivity contribution is 0.539. The molecule has 2 heterocycles. The van der Waals surface area contributed by atoms with Gasteiger partial charge in [0, 0.05) is 37.8 Å². The van der Waals surface area contributed by atoms with Gasteiger partial charge in [0.15, 0.2) is 0 Å². The largest absolute Gasteiger partial charge is 0.353 e. The molecule has 19 heavy (non-hydrogen) atoms. The molecule has 2 saturated carbocycles. The molecule has 2 bridgehead atoms. The molecule has 4 heteroatoms. The van der Waals surface area contributed by atoms with Gasteiger partial charge in [-0.3, -0.25) is 4.68 Å². The number of anilines is 1. The molecule has 3 aliphatic rings. The van der Waals surface area contributed by atoms with Crippen LogP contribution >= 0.6 is 0 Å². The summed E-state index contributed by atoms with van der Waals surface area (Å²) in [6.45, 7) is 4.40. The molecule has 2 atom stereocenters. The molecule has 3 fully saturated rings. The normalized spacial score (nSPS) is 29.5. The Balaban J connectivity index is 1.62. The van der Waals surface area contributed by atoms with Crippen LogP contribution in [0.15, 0.2) is 0 Å². The number of aromatic nitrogens is 2. The number of nitrogens with zero attached hydrogens (tertiary/aromatic N) is 3. The van der Waals surface area contributed by atoms with Crippen molar-refractivity contribution < 1.29 is 0 Å². The standard InChI is InChI=1S/C15H24N4/c1-10-14(8-16-12-4-5-12)15(18(2)17-10)19-9-11-3-6-13(19)7-11/h11-13,16H,3-9H2,1-2H3. The van der Waals surface area contributed by atoms with E-state index >= 15 is 0 Å². The van der Waals surface area contributed by atoms with Crippen LogP contribution in [0.4, 0.5) is 5.82 Å². The van der Waals surface area contributed by atoms with Crippen LogP contribution in [0, 0.1) is 12.8 Å². The minimum Gasteiger partial charge on any atom is -0.353 e. The van der Waals surface area contributed by atoms with Gasteiger partial charge in [0.2, 0.25) is 0 Å². The van der Waals surface area contributed by atoms with Gasteiger partial charge in [-0.15, -0.1) is 0 Å². The fourth-order valence-corrected chi connectivity index (χ4v) is 3.97. The average Bonchev–Trinajstić information content (AvgIpc) is 2.86. The Hall–Kier alpha value is -1.03. The summed E-state index contributed by atoms with van der Waals surface area (Å²) in [6.07, 6.45) is 6.92. The molecule has 1 aromatic heterocycles. The van der Waals surface area contributed by atoms with E-state index < -0.39 is 0 Å². The van der Waals surface area contributed by atoms with Crippen LogP contribution < -0.4 is 10.2 Å². The maximum absolute atomic E-state index is 4.67. The molecular formula is C15H24N4. The number of fused-ring (bicyclic) bond motifs is 2. The first kappa shape index (κ1) is 11.8. The third-order valence-electron chi connectivity index (χ3n) is 5.14. The Morgan fingerprint density at radius 2 is 2.11 bits per heavy atom. The smallest absolute Gasteiger partial charge is 0.131 e. The van der Waals surface area contributed by atoms with Crippen LogP contribution in [-0.2, 0) is 13.6 Å². The fraction of sp³-hybridized carbons (Fsp3) is 0.800. The van der Waals surface area contributed by atoms with E-state index in [1.807, 2.05) is 0 Å². The van der Waals surface area contributed by atoms with Gasteiger partial charge in [0.05, 0.1) is 5.69 Å². The van der Waals surface area contributed by atoms with Crippen molar-refractivity contribution in [3.8, 4) is 0 Å². The molecule has 0 amide bonds. The van der Waals surface area contributed by atoms with E-state index in [9.17, 15) is 0 Å². The van der Waals surface area contributed by atoms with E-state index in [1.54, 1.807) is 0 Å². The highest BCUT2D eigenvalue weighted by atomic mass is 15.4. The second-order valence-electron chi connectivity index (χ2n) is 6.65. The van der Waals surface area contributed by atoms with E-state index in [0.717, 1.165) is 24.5 Å². The molecule has 1 aromatic rings. The van der Waals surface area contributed by atoms with Crippen molar-refractivity contribution in [3.05, 3.63) is 11.3 Å². The number of hydrogen-bond donors (Lipinski definition) is 1. The van der Waals surface area contributed by atoms with Crippen LogP contribution in [0.3, 0.4) is 0 Å². The molecule has 0 spiro atoms. The van der Waals surface area contributed by atoms with E-state index in [1.165, 1.54) is 55.7 Å². The zero-order chi connectivity index (χ0) is 13.0. The minimum absolute atomic E-state index is 0.766. The predicted molar refractivity (Wildman–Crippen MR) is 76.3 cm³/mol. The second kappa shape index (κ2) is 4.23. The first-order chi connectivity index (χ1) is 9.22. The number of rotatable bonds is 4. The zero-order valence-electron chi connectivity index (χ0n) is 12.0. The Kier molecular flexibility index (Phi) is 2.62. The third kappa shape index (κ3) is 1.97. The van der Waals surface area contributed by atoms with Crippen molar-refractivity contribution in [2.24, 2.45) is 13.0 Å². The van der Waals surface area contributed by atoms with Crippen molar-refractivity contribution in [1.29, 1.82) is 0 Å². The first-order valence-corrected chi connectivity index (χ1v) is 7.75. The lowest BCUT2D eigenvalue weighted by Crippen LogP contribution is -2.34. The summed E-state index contributed by atoms with van der Waals surface area (Å²) in [5.74, 6) is 2.32. The first-order valence-electron chi connectivity index (χ1n) is 7.75. The van der Waals surface area contributed by atoms with Crippen LogP contribution in [-0.4, -0.2) is 28.4 Å². The average molecular weight is 260 g/mol. The molecular weight excluding hydrogens is 236 g/mol. The summed E-state index contributed by atoms with van der Waals surface area (Å²) < 4.78 is 2.11. The topological polar surface area (TPSA) is 33.1 Å². The SMILES string of the molecule is Cc1nn(C)c(N2CC3CCC2C3)c1CNC1CC1. The van der Waals surface area contributed by atoms with Crippen LogP contribution in [0.5, 0.6) is 0 Å². The molecule has 2 unspecified atom stereocenters. The number of aryl methyl sites for hydroxylation is 2. The number of piperidine rings is 1. The number of hydrogen-bond acceptors (Lipinski definition) is 3. The molecule has 2 aliphatic carbocycles. The maximum atomic E-state index is 4.67. The van der Waals surface area contributed by atoms with Crippen LogP contribution in [0.1, 0.15) is 43.4 Å². The molecule has 4 nitrogen and oxygen atoms in total. The van der Waals surface area contributed by atoms with Crippen molar-refractivity contribution in [1.82, 2.24) is 15.1 Å². The minimum atomic E-state index is 0.766. The molecule has 0 radical (unpaired) electrons. The second-order valence-corrected chi connectivity index (χ2v) is 6.65. The van der Waals surface area contributed by atoms with Gasteiger partial charge in [0.1, 0.15) is 5.82 Å². The Bertz CT molecular complexity index is 489. The van der Waals surface area contributed by atoms with Crippen molar-refractivity contribution in [3.63, 3.8) is 0 Å². The highest BCUT2D eigenvalue weighted by molar-refractivity contribution is 5.52. The molecule has 1 saturated heterocycles. The molecule has 0 aromatic carbocycles. The van der Waals surface area contributed by atoms with Crippen LogP contribution in [0.25, 0.3) is 0 Å². The van der Waals surface area contributed by atoms with Gasteiger partial charge in [-0.05, 0) is 44.9 Å². The zero-order valence-corrected chi connectivity index (χ0v) is 12.0. The van der Waals surface area contributed by atoms with E-state index in [2.05, 4.69) is 34.0 Å². The van der Waals surface area contributed by atoms with Gasteiger partial charge in [-0.2, -0.15) is 5.10 Å². The Morgan fingerprint density at radius 1 is 1.26 bits per heavy atom. The lowest BCUT2D eigenvalue weighted by atomic mass is 10.1. The summed E-state index contributed by atoms with van der Waals surface area (Å²) in [4.78, 5) is 2.64. The Morgan fingerprint density at radius 3 is 2.74 bits per heavy atom. The monoisotopic (exact) mass is 260 g/mol. The summed E-state index contributed by atoms with van der Waals surface area (Å²) in [5, 5.41) is 8.33. The highest BCUT2D eigenvalue weighted by Crippen LogP contribution is 2.41. The van der Waals surface area contributed by atoms with Gasteiger partial charge in [0.25, 0.3) is 0 Å². The van der Waals surface area contributed by atoms with Crippen molar-refractivity contribution in [2.45, 2.75) is 57.7 Å². The lowest BCUT2D eigenvalue weighted by Gasteiger charge is -2.30. The van der Waals surface area contributed by atoms with E-state index in [0.29, 0.717) is 0 Å².